The molecule has 40 heavy (non-hydrogen) atoms. The van der Waals surface area contributed by atoms with E-state index in [2.05, 4.69) is 50.2 Å². The molecule has 0 unspecified atom stereocenters. The molecule has 0 spiro atoms. The summed E-state index contributed by atoms with van der Waals surface area (Å²) in [6.07, 6.45) is -2.88. The van der Waals surface area contributed by atoms with Crippen molar-refractivity contribution >= 4 is 22.9 Å². The van der Waals surface area contributed by atoms with Crippen molar-refractivity contribution in [3.8, 4) is 0 Å². The van der Waals surface area contributed by atoms with Crippen LogP contribution in [-0.4, -0.2) is 74.1 Å². The van der Waals surface area contributed by atoms with Crippen LogP contribution >= 0.6 is 0 Å². The normalized spacial score (nSPS) is 20.7. The molecule has 1 amide bonds. The Bertz CT molecular complexity index is 1380. The minimum Gasteiger partial charge on any atom is -0.388 e. The van der Waals surface area contributed by atoms with Gasteiger partial charge in [0, 0.05) is 19.0 Å². The van der Waals surface area contributed by atoms with Gasteiger partial charge in [0.1, 0.15) is 18.0 Å². The van der Waals surface area contributed by atoms with Crippen LogP contribution in [-0.2, 0) is 16.1 Å². The highest BCUT2D eigenvalue weighted by atomic mass is 16.6. The van der Waals surface area contributed by atoms with E-state index in [1.54, 1.807) is 4.57 Å². The standard InChI is InChI=1S/C29H35N7O4/c1-3-31-23(37)14-21-25(38)26(39)29(40-21)36-17-33-24-27(34-22(16-30-2)35-28(24)36)32-15-20(18-10-6-4-7-11-18)19-12-8-5-9-13-19/h4-13,17,20-21,25-26,29-30,38-39H,3,14-16H2,1-2H3,(H,31,37)(H,32,34,35)/t21-,25+,26+,29+/m0/s1. The number of aliphatic hydroxyl groups is 2. The number of hydrogen-bond acceptors (Lipinski definition) is 9. The first kappa shape index (κ1) is 27.7. The van der Waals surface area contributed by atoms with Crippen molar-refractivity contribution in [3.05, 3.63) is 83.9 Å². The molecule has 2 aromatic carbocycles. The smallest absolute Gasteiger partial charge is 0.222 e. The van der Waals surface area contributed by atoms with Gasteiger partial charge in [-0.15, -0.1) is 0 Å². The molecule has 0 aliphatic carbocycles. The van der Waals surface area contributed by atoms with Gasteiger partial charge in [-0.25, -0.2) is 15.0 Å². The number of ether oxygens (including phenoxy) is 1. The molecule has 2 aromatic heterocycles. The van der Waals surface area contributed by atoms with Crippen LogP contribution in [0.3, 0.4) is 0 Å². The molecule has 3 heterocycles. The molecule has 0 radical (unpaired) electrons. The van der Waals surface area contributed by atoms with Gasteiger partial charge in [0.15, 0.2) is 23.2 Å². The molecule has 5 rings (SSSR count). The number of benzene rings is 2. The summed E-state index contributed by atoms with van der Waals surface area (Å²) in [6.45, 7) is 3.25. The predicted molar refractivity (Wildman–Crippen MR) is 151 cm³/mol. The lowest BCUT2D eigenvalue weighted by molar-refractivity contribution is -0.125. The maximum atomic E-state index is 12.1. The summed E-state index contributed by atoms with van der Waals surface area (Å²) in [5, 5.41) is 30.7. The molecule has 5 N–H and O–H groups in total. The third-order valence-corrected chi connectivity index (χ3v) is 7.05. The fourth-order valence-electron chi connectivity index (χ4n) is 5.09. The van der Waals surface area contributed by atoms with Gasteiger partial charge in [-0.1, -0.05) is 60.7 Å². The van der Waals surface area contributed by atoms with Crippen LogP contribution < -0.4 is 16.0 Å². The van der Waals surface area contributed by atoms with Crippen LogP contribution in [0.1, 0.15) is 42.4 Å². The van der Waals surface area contributed by atoms with Gasteiger partial charge < -0.3 is 30.9 Å². The Balaban J connectivity index is 1.45. The molecule has 1 saturated heterocycles. The highest BCUT2D eigenvalue weighted by Gasteiger charge is 2.45. The number of carbonyl (C=O) groups excluding carboxylic acids is 1. The highest BCUT2D eigenvalue weighted by Crippen LogP contribution is 2.34. The van der Waals surface area contributed by atoms with E-state index >= 15 is 0 Å². The summed E-state index contributed by atoms with van der Waals surface area (Å²) < 4.78 is 7.57. The van der Waals surface area contributed by atoms with Gasteiger partial charge in [-0.05, 0) is 25.1 Å². The Morgan fingerprint density at radius 2 is 1.70 bits per heavy atom. The quantitative estimate of drug-likeness (QED) is 0.191. The Hall–Kier alpha value is -3.90. The minimum absolute atomic E-state index is 0.0624. The maximum absolute atomic E-state index is 12.1. The van der Waals surface area contributed by atoms with Gasteiger partial charge in [0.05, 0.1) is 25.4 Å². The first-order valence-corrected chi connectivity index (χ1v) is 13.5. The third kappa shape index (κ3) is 5.82. The number of hydrogen-bond donors (Lipinski definition) is 5. The van der Waals surface area contributed by atoms with Crippen molar-refractivity contribution in [2.24, 2.45) is 0 Å². The molecule has 11 nitrogen and oxygen atoms in total. The molecule has 0 bridgehead atoms. The first-order valence-electron chi connectivity index (χ1n) is 13.5. The summed E-state index contributed by atoms with van der Waals surface area (Å²) in [6, 6.07) is 20.6. The van der Waals surface area contributed by atoms with Gasteiger partial charge in [-0.3, -0.25) is 9.36 Å². The predicted octanol–water partition coefficient (Wildman–Crippen LogP) is 1.94. The summed E-state index contributed by atoms with van der Waals surface area (Å²) in [5.74, 6) is 0.888. The molecule has 1 aliphatic heterocycles. The Morgan fingerprint density at radius 3 is 2.33 bits per heavy atom. The van der Waals surface area contributed by atoms with E-state index in [0.29, 0.717) is 42.4 Å². The zero-order valence-corrected chi connectivity index (χ0v) is 22.6. The summed E-state index contributed by atoms with van der Waals surface area (Å²) >= 11 is 0. The monoisotopic (exact) mass is 545 g/mol. The number of aromatic nitrogens is 4. The summed E-state index contributed by atoms with van der Waals surface area (Å²) in [4.78, 5) is 26.1. The van der Waals surface area contributed by atoms with E-state index in [4.69, 9.17) is 9.72 Å². The van der Waals surface area contributed by atoms with Crippen LogP contribution in [0, 0.1) is 0 Å². The molecule has 11 heteroatoms. The number of nitrogens with zero attached hydrogens (tertiary/aromatic N) is 4. The summed E-state index contributed by atoms with van der Waals surface area (Å²) in [5.41, 5.74) is 3.30. The number of rotatable bonds is 11. The molecule has 4 aromatic rings. The number of anilines is 1. The second-order valence-corrected chi connectivity index (χ2v) is 9.80. The number of nitrogens with one attached hydrogen (secondary N) is 3. The van der Waals surface area contributed by atoms with Crippen LogP contribution in [0.15, 0.2) is 67.0 Å². The lowest BCUT2D eigenvalue weighted by Gasteiger charge is -2.20. The molecule has 0 saturated carbocycles. The van der Waals surface area contributed by atoms with E-state index in [1.807, 2.05) is 50.4 Å². The fraction of sp³-hybridized carbons (Fsp3) is 0.379. The Morgan fingerprint density at radius 1 is 1.02 bits per heavy atom. The first-order chi connectivity index (χ1) is 19.5. The van der Waals surface area contributed by atoms with Gasteiger partial charge in [0.2, 0.25) is 5.91 Å². The molecular weight excluding hydrogens is 510 g/mol. The van der Waals surface area contributed by atoms with Crippen molar-refractivity contribution in [2.45, 2.75) is 50.3 Å². The minimum atomic E-state index is -1.27. The Labute approximate surface area is 232 Å². The average Bonchev–Trinajstić information content (AvgIpc) is 3.51. The zero-order chi connectivity index (χ0) is 28.1. The largest absolute Gasteiger partial charge is 0.388 e. The van der Waals surface area contributed by atoms with Crippen molar-refractivity contribution in [2.75, 3.05) is 25.5 Å². The van der Waals surface area contributed by atoms with Crippen molar-refractivity contribution in [1.82, 2.24) is 30.2 Å². The number of carbonyl (C=O) groups is 1. The number of fused-ring (bicyclic) bond motifs is 1. The van der Waals surface area contributed by atoms with Crippen LogP contribution in [0.5, 0.6) is 0 Å². The van der Waals surface area contributed by atoms with Crippen molar-refractivity contribution < 1.29 is 19.7 Å². The van der Waals surface area contributed by atoms with E-state index in [1.165, 1.54) is 17.5 Å². The molecule has 1 fully saturated rings. The van der Waals surface area contributed by atoms with Crippen molar-refractivity contribution in [1.29, 1.82) is 0 Å². The number of amides is 1. The SMILES string of the molecule is CCNC(=O)C[C@@H]1O[C@@H](n2cnc3c(NCC(c4ccccc4)c4ccccc4)nc(CNC)nc32)[C@H](O)[C@@H]1O. The van der Waals surface area contributed by atoms with E-state index in [-0.39, 0.29) is 18.2 Å². The van der Waals surface area contributed by atoms with Gasteiger partial charge in [0.25, 0.3) is 0 Å². The molecule has 210 valence electrons. The number of imidazole rings is 1. The highest BCUT2D eigenvalue weighted by molar-refractivity contribution is 5.83. The topological polar surface area (TPSA) is 146 Å². The average molecular weight is 546 g/mol. The summed E-state index contributed by atoms with van der Waals surface area (Å²) in [7, 11) is 1.81. The molecular formula is C29H35N7O4. The maximum Gasteiger partial charge on any atom is 0.222 e. The van der Waals surface area contributed by atoms with Crippen LogP contribution in [0.4, 0.5) is 5.82 Å². The second-order valence-electron chi connectivity index (χ2n) is 9.80. The van der Waals surface area contributed by atoms with Gasteiger partial charge >= 0.3 is 0 Å². The molecule has 4 atom stereocenters. The van der Waals surface area contributed by atoms with Gasteiger partial charge in [-0.2, -0.15) is 0 Å². The van der Waals surface area contributed by atoms with E-state index in [9.17, 15) is 15.0 Å². The third-order valence-electron chi connectivity index (χ3n) is 7.05. The van der Waals surface area contributed by atoms with Crippen LogP contribution in [0.25, 0.3) is 11.2 Å². The Kier molecular flexibility index (Phi) is 8.66. The zero-order valence-electron chi connectivity index (χ0n) is 22.6. The van der Waals surface area contributed by atoms with Crippen molar-refractivity contribution in [3.63, 3.8) is 0 Å². The van der Waals surface area contributed by atoms with Crippen LogP contribution in [0.2, 0.25) is 0 Å². The van der Waals surface area contributed by atoms with E-state index < -0.39 is 24.5 Å². The van der Waals surface area contributed by atoms with E-state index in [0.717, 1.165) is 0 Å². The fourth-order valence-corrected chi connectivity index (χ4v) is 5.09. The lowest BCUT2D eigenvalue weighted by Crippen LogP contribution is -2.35. The number of aliphatic hydroxyl groups excluding tert-OH is 2. The second kappa shape index (κ2) is 12.5. The lowest BCUT2D eigenvalue weighted by atomic mass is 9.91. The molecule has 1 aliphatic rings.